The number of fused-ring (bicyclic) bond motifs is 1. The molecule has 7 aliphatic rings. The van der Waals surface area contributed by atoms with Crippen molar-refractivity contribution in [2.75, 3.05) is 39.5 Å². The zero-order valence-electron chi connectivity index (χ0n) is 44.3. The van der Waals surface area contributed by atoms with E-state index in [-0.39, 0.29) is 37.0 Å². The van der Waals surface area contributed by atoms with Gasteiger partial charge in [-0.05, 0) is 74.6 Å². The quantitative estimate of drug-likeness (QED) is 0.0881. The predicted molar refractivity (Wildman–Crippen MR) is 275 cm³/mol. The summed E-state index contributed by atoms with van der Waals surface area (Å²) in [7, 11) is 0. The molecular weight excluding hydrogens is 1020 g/mol. The number of hydrogen-bond donors (Lipinski definition) is 8. The van der Waals surface area contributed by atoms with Crippen LogP contribution in [0.4, 0.5) is 0 Å². The van der Waals surface area contributed by atoms with Crippen molar-refractivity contribution in [3.05, 3.63) is 83.6 Å². The number of nitrogens with zero attached hydrogens (tertiary/aromatic N) is 1. The lowest BCUT2D eigenvalue weighted by molar-refractivity contribution is -0.351. The summed E-state index contributed by atoms with van der Waals surface area (Å²) in [5.74, 6) is -0.818. The number of likely N-dealkylation sites (tertiary alicyclic amines) is 1. The van der Waals surface area contributed by atoms with Crippen molar-refractivity contribution in [3.8, 4) is 5.75 Å². The fourth-order valence-electron chi connectivity index (χ4n) is 11.9. The molecule has 432 valence electrons. The van der Waals surface area contributed by atoms with Gasteiger partial charge in [0.1, 0.15) is 78.7 Å². The standard InChI is InChI=1S/C57H79NO20/c1-4-34-22-33(28-70-55-48(66)50(44(62)41(26-59)75-55)69-29-37-25-36-18-11-12-19-38(36)71-30(37)2)24-39(49(34)78-56-47(65)46(64)43(61)31(3)72-56)74-57-52(77-54(68)35-16-9-6-10-17-35)51(45(63)42(27-60)76-57)73-40(53(67)58-20-13-21-58)23-32-14-7-5-8-15-32/h6,9-12,16-19,25,31-34,39-52,55-57,59-66H,2,4-5,7-8,13-15,20-24,26-29H2,1,3H3/t31?,33?,34?,39-,40+,41?,42+,43-,44-,45+,46+,47?,48?,49-,50?,51?,52?,55+,56+,57-/m1/s1. The van der Waals surface area contributed by atoms with Gasteiger partial charge in [-0.2, -0.15) is 0 Å². The maximum atomic E-state index is 14.3. The van der Waals surface area contributed by atoms with E-state index in [4.69, 9.17) is 47.4 Å². The number of amides is 1. The average Bonchev–Trinajstić information content (AvgIpc) is 3.54. The van der Waals surface area contributed by atoms with Gasteiger partial charge >= 0.3 is 5.97 Å². The first-order chi connectivity index (χ1) is 37.6. The summed E-state index contributed by atoms with van der Waals surface area (Å²) in [5, 5.41) is 89.0. The fourth-order valence-corrected chi connectivity index (χ4v) is 11.9. The molecule has 6 fully saturated rings. The summed E-state index contributed by atoms with van der Waals surface area (Å²) in [6.07, 6.45) is -15.9. The molecule has 78 heavy (non-hydrogen) atoms. The first-order valence-corrected chi connectivity index (χ1v) is 27.8. The lowest BCUT2D eigenvalue weighted by Crippen LogP contribution is -2.64. The highest BCUT2D eigenvalue weighted by Crippen LogP contribution is 2.42. The number of ether oxygens (including phenoxy) is 10. The van der Waals surface area contributed by atoms with Crippen LogP contribution in [0.15, 0.2) is 72.5 Å². The van der Waals surface area contributed by atoms with Crippen LogP contribution in [0.3, 0.4) is 0 Å². The zero-order chi connectivity index (χ0) is 55.2. The van der Waals surface area contributed by atoms with E-state index in [2.05, 4.69) is 6.58 Å². The van der Waals surface area contributed by atoms with Crippen molar-refractivity contribution < 1.29 is 97.8 Å². The molecule has 0 aromatic heterocycles. The Balaban J connectivity index is 0.995. The van der Waals surface area contributed by atoms with Crippen molar-refractivity contribution >= 4 is 18.0 Å². The van der Waals surface area contributed by atoms with Crippen LogP contribution in [-0.4, -0.2) is 208 Å². The Hall–Kier alpha value is -3.98. The van der Waals surface area contributed by atoms with Crippen LogP contribution in [0.5, 0.6) is 5.75 Å². The summed E-state index contributed by atoms with van der Waals surface area (Å²) in [6.45, 7) is 6.97. The molecule has 5 heterocycles. The van der Waals surface area contributed by atoms with E-state index in [1.54, 1.807) is 41.3 Å². The van der Waals surface area contributed by atoms with E-state index < -0.39 is 141 Å². The molecule has 4 saturated heterocycles. The number of rotatable bonds is 20. The van der Waals surface area contributed by atoms with Gasteiger partial charge in [0, 0.05) is 24.2 Å². The summed E-state index contributed by atoms with van der Waals surface area (Å²) >= 11 is 0. The Kier molecular flexibility index (Phi) is 20.1. The van der Waals surface area contributed by atoms with Gasteiger partial charge in [0.2, 0.25) is 0 Å². The van der Waals surface area contributed by atoms with Gasteiger partial charge in [-0.3, -0.25) is 4.79 Å². The molecule has 20 atom stereocenters. The molecule has 0 radical (unpaired) electrons. The molecule has 0 bridgehead atoms. The summed E-state index contributed by atoms with van der Waals surface area (Å²) in [6, 6.07) is 15.5. The van der Waals surface area contributed by atoms with Crippen LogP contribution in [0, 0.1) is 17.8 Å². The second-order valence-electron chi connectivity index (χ2n) is 22.0. The van der Waals surface area contributed by atoms with E-state index in [0.29, 0.717) is 49.4 Å². The molecule has 9 rings (SSSR count). The number of hydrogen-bond acceptors (Lipinski definition) is 20. The van der Waals surface area contributed by atoms with Crippen LogP contribution >= 0.6 is 0 Å². The second kappa shape index (κ2) is 26.7. The SMILES string of the molecule is C=C1Oc2ccccc2C=C1COC1C(O)[C@@H](OCC2CC(CC)[C@@H](O[C@@H]3OC(C)[C@@H](O)[C@H](O)C3O)[C@H](O[C@@H]3O[C@@H](CO)[C@H](O)C(O[C@@H](CC4CCCCC4)C(=O)N4CCC4)C3OC(=O)c3ccccc3)C2)OC(CO)[C@H]1O. The normalized spacial score (nSPS) is 37.8. The van der Waals surface area contributed by atoms with Crippen molar-refractivity contribution in [2.24, 2.45) is 17.8 Å². The van der Waals surface area contributed by atoms with E-state index in [1.165, 1.54) is 6.92 Å². The molecule has 2 aliphatic carbocycles. The van der Waals surface area contributed by atoms with E-state index in [9.17, 15) is 50.4 Å². The molecule has 1 amide bonds. The Bertz CT molecular complexity index is 2320. The molecule has 21 nitrogen and oxygen atoms in total. The summed E-state index contributed by atoms with van der Waals surface area (Å²) < 4.78 is 63.3. The Morgan fingerprint density at radius 2 is 1.40 bits per heavy atom. The molecule has 2 saturated carbocycles. The van der Waals surface area contributed by atoms with Gasteiger partial charge in [-0.1, -0.05) is 88.4 Å². The number of benzene rings is 2. The second-order valence-corrected chi connectivity index (χ2v) is 22.0. The number of para-hydroxylation sites is 1. The Morgan fingerprint density at radius 1 is 0.705 bits per heavy atom. The maximum absolute atomic E-state index is 14.3. The van der Waals surface area contributed by atoms with Crippen molar-refractivity contribution in [3.63, 3.8) is 0 Å². The van der Waals surface area contributed by atoms with E-state index in [0.717, 1.165) is 44.1 Å². The van der Waals surface area contributed by atoms with E-state index >= 15 is 0 Å². The van der Waals surface area contributed by atoms with Gasteiger partial charge in [0.15, 0.2) is 25.0 Å². The molecule has 9 unspecified atom stereocenters. The minimum absolute atomic E-state index is 0.0894. The first kappa shape index (κ1) is 58.7. The van der Waals surface area contributed by atoms with Gasteiger partial charge in [0.05, 0.1) is 50.3 Å². The zero-order valence-corrected chi connectivity index (χ0v) is 44.3. The maximum Gasteiger partial charge on any atom is 0.338 e. The molecule has 5 aliphatic heterocycles. The highest BCUT2D eigenvalue weighted by atomic mass is 16.8. The number of aliphatic hydroxyl groups excluding tert-OH is 8. The van der Waals surface area contributed by atoms with Gasteiger partial charge in [-0.25, -0.2) is 4.79 Å². The Labute approximate surface area is 454 Å². The fraction of sp³-hybridized carbons (Fsp3) is 0.684. The van der Waals surface area contributed by atoms with Crippen LogP contribution in [0.1, 0.15) is 94.0 Å². The third-order valence-corrected chi connectivity index (χ3v) is 16.6. The molecule has 0 spiro atoms. The average molecular weight is 1100 g/mol. The first-order valence-electron chi connectivity index (χ1n) is 27.8. The van der Waals surface area contributed by atoms with Crippen molar-refractivity contribution in [1.29, 1.82) is 0 Å². The minimum Gasteiger partial charge on any atom is -0.457 e. The highest BCUT2D eigenvalue weighted by Gasteiger charge is 2.54. The topological polar surface area (TPSA) is 292 Å². The van der Waals surface area contributed by atoms with Crippen LogP contribution in [-0.2, 0) is 47.4 Å². The van der Waals surface area contributed by atoms with Crippen LogP contribution in [0.2, 0.25) is 0 Å². The van der Waals surface area contributed by atoms with Gasteiger partial charge in [-0.15, -0.1) is 0 Å². The number of carbonyl (C=O) groups is 2. The summed E-state index contributed by atoms with van der Waals surface area (Å²) in [4.78, 5) is 30.1. The monoisotopic (exact) mass is 1100 g/mol. The minimum atomic E-state index is -1.69. The molecular formula is C57H79NO20. The van der Waals surface area contributed by atoms with Crippen molar-refractivity contribution in [1.82, 2.24) is 4.90 Å². The smallest absolute Gasteiger partial charge is 0.338 e. The number of carbonyl (C=O) groups excluding carboxylic acids is 2. The van der Waals surface area contributed by atoms with Gasteiger partial charge < -0.3 is 93.1 Å². The van der Waals surface area contributed by atoms with Crippen LogP contribution < -0.4 is 4.74 Å². The predicted octanol–water partition coefficient (Wildman–Crippen LogP) is 2.11. The largest absolute Gasteiger partial charge is 0.457 e. The Morgan fingerprint density at radius 3 is 2.09 bits per heavy atom. The van der Waals surface area contributed by atoms with E-state index in [1.807, 2.05) is 31.2 Å². The summed E-state index contributed by atoms with van der Waals surface area (Å²) in [5.41, 5.74) is 1.52. The molecule has 21 heteroatoms. The highest BCUT2D eigenvalue weighted by molar-refractivity contribution is 5.89. The van der Waals surface area contributed by atoms with Crippen LogP contribution in [0.25, 0.3) is 6.08 Å². The lowest BCUT2D eigenvalue weighted by Gasteiger charge is -2.49. The third-order valence-electron chi connectivity index (χ3n) is 16.6. The molecule has 8 N–H and O–H groups in total. The number of esters is 1. The van der Waals surface area contributed by atoms with Crippen molar-refractivity contribution in [2.45, 2.75) is 188 Å². The molecule has 2 aromatic carbocycles. The lowest BCUT2D eigenvalue weighted by atomic mass is 9.76. The third kappa shape index (κ3) is 13.3. The number of aliphatic hydroxyl groups is 8. The van der Waals surface area contributed by atoms with Gasteiger partial charge in [0.25, 0.3) is 5.91 Å². The molecule has 2 aromatic rings.